The third-order valence-corrected chi connectivity index (χ3v) is 7.30. The van der Waals surface area contributed by atoms with Crippen LogP contribution in [0.25, 0.3) is 11.1 Å². The Balaban J connectivity index is 1.22. The summed E-state index contributed by atoms with van der Waals surface area (Å²) in [5, 5.41) is 6.91. The van der Waals surface area contributed by atoms with Crippen molar-refractivity contribution in [1.82, 2.24) is 4.90 Å². The molecule has 0 atom stereocenters. The third-order valence-electron chi connectivity index (χ3n) is 6.24. The molecular formula is C27H28ClN3O5S. The minimum atomic E-state index is -0.467. The van der Waals surface area contributed by atoms with Crippen LogP contribution in [0, 0.1) is 0 Å². The molecule has 2 aromatic carbocycles. The molecule has 8 nitrogen and oxygen atoms in total. The van der Waals surface area contributed by atoms with E-state index in [2.05, 4.69) is 10.2 Å². The van der Waals surface area contributed by atoms with Gasteiger partial charge < -0.3 is 14.4 Å². The molecule has 0 radical (unpaired) electrons. The van der Waals surface area contributed by atoms with Crippen LogP contribution in [-0.2, 0) is 9.53 Å². The fraction of sp³-hybridized carbons (Fsp3) is 0.296. The smallest absolute Gasteiger partial charge is 0.411 e. The summed E-state index contributed by atoms with van der Waals surface area (Å²) in [6.07, 6.45) is 1.63. The number of thiophene rings is 1. The summed E-state index contributed by atoms with van der Waals surface area (Å²) in [6, 6.07) is 14.4. The first-order chi connectivity index (χ1) is 18.0. The van der Waals surface area contributed by atoms with Crippen LogP contribution in [0.5, 0.6) is 5.75 Å². The maximum atomic E-state index is 12.6. The lowest BCUT2D eigenvalue weighted by molar-refractivity contribution is -0.117. The number of nitrogens with zero attached hydrogens (tertiary/aromatic N) is 2. The van der Waals surface area contributed by atoms with Crippen LogP contribution in [0.3, 0.4) is 0 Å². The highest BCUT2D eigenvalue weighted by atomic mass is 35.5. The first kappa shape index (κ1) is 26.7. The molecule has 4 rings (SSSR count). The topological polar surface area (TPSA) is 88.2 Å². The molecule has 3 aromatic rings. The first-order valence-corrected chi connectivity index (χ1v) is 13.2. The van der Waals surface area contributed by atoms with Gasteiger partial charge in [-0.05, 0) is 53.4 Å². The predicted molar refractivity (Wildman–Crippen MR) is 146 cm³/mol. The fourth-order valence-corrected chi connectivity index (χ4v) is 5.06. The normalized spacial score (nSPS) is 14.1. The molecule has 1 aliphatic heterocycles. The van der Waals surface area contributed by atoms with Crippen molar-refractivity contribution in [3.63, 3.8) is 0 Å². The maximum Gasteiger partial charge on any atom is 0.411 e. The van der Waals surface area contributed by atoms with Crippen molar-refractivity contribution in [2.24, 2.45) is 0 Å². The number of rotatable bonds is 9. The first-order valence-electron chi connectivity index (χ1n) is 11.9. The van der Waals surface area contributed by atoms with Gasteiger partial charge in [-0.15, -0.1) is 0 Å². The number of anilines is 2. The molecule has 0 bridgehead atoms. The van der Waals surface area contributed by atoms with E-state index >= 15 is 0 Å². The lowest BCUT2D eigenvalue weighted by atomic mass is 10.1. The summed E-state index contributed by atoms with van der Waals surface area (Å²) in [4.78, 5) is 38.4. The van der Waals surface area contributed by atoms with Crippen LogP contribution in [0.4, 0.5) is 16.2 Å². The van der Waals surface area contributed by atoms with E-state index in [-0.39, 0.29) is 18.4 Å². The van der Waals surface area contributed by atoms with Gasteiger partial charge in [0.2, 0.25) is 5.91 Å². The Morgan fingerprint density at radius 2 is 1.97 bits per heavy atom. The van der Waals surface area contributed by atoms with Crippen LogP contribution in [0.2, 0.25) is 0 Å². The number of carbonyl (C=O) groups excluding carboxylic acids is 3. The molecule has 194 valence electrons. The number of likely N-dealkylation sites (tertiary alicyclic amines) is 1. The Labute approximate surface area is 224 Å². The molecule has 1 fully saturated rings. The zero-order valence-electron chi connectivity index (χ0n) is 20.4. The number of carbonyl (C=O) groups is 3. The summed E-state index contributed by atoms with van der Waals surface area (Å²) < 4.78 is 11.9. The highest BCUT2D eigenvalue weighted by Gasteiger charge is 2.24. The second kappa shape index (κ2) is 12.7. The SMILES string of the molecule is COc1cc(N(Cl)C(=O)CCN2CCC(OC(=O)Nc3ccccc3-c3ccsc3)CC2)ccc1C=O. The van der Waals surface area contributed by atoms with E-state index in [1.165, 1.54) is 7.11 Å². The Hall–Kier alpha value is -3.40. The molecule has 2 amide bonds. The number of hydrogen-bond acceptors (Lipinski definition) is 7. The summed E-state index contributed by atoms with van der Waals surface area (Å²) in [5.74, 6) is 0.0941. The van der Waals surface area contributed by atoms with Gasteiger partial charge in [0, 0.05) is 49.5 Å². The molecular weight excluding hydrogens is 514 g/mol. The van der Waals surface area contributed by atoms with Gasteiger partial charge in [-0.2, -0.15) is 11.3 Å². The summed E-state index contributed by atoms with van der Waals surface area (Å²) in [7, 11) is 1.45. The number of hydrogen-bond donors (Lipinski definition) is 1. The summed E-state index contributed by atoms with van der Waals surface area (Å²) in [6.45, 7) is 1.96. The predicted octanol–water partition coefficient (Wildman–Crippen LogP) is 5.83. The van der Waals surface area contributed by atoms with E-state index < -0.39 is 6.09 Å². The number of nitrogens with one attached hydrogen (secondary N) is 1. The number of benzene rings is 2. The standard InChI is InChI=1S/C27H28ClN3O5S/c1-35-25-16-21(7-6-19(25)17-32)31(28)26(33)10-14-30-12-8-22(9-13-30)36-27(34)29-24-5-3-2-4-23(24)20-11-15-37-18-20/h2-7,11,15-18,22H,8-10,12-14H2,1H3,(H,29,34). The van der Waals surface area contributed by atoms with Crippen LogP contribution >= 0.6 is 23.1 Å². The Bertz CT molecular complexity index is 1230. The fourth-order valence-electron chi connectivity index (χ4n) is 4.22. The molecule has 37 heavy (non-hydrogen) atoms. The van der Waals surface area contributed by atoms with Crippen molar-refractivity contribution in [1.29, 1.82) is 0 Å². The minimum Gasteiger partial charge on any atom is -0.496 e. The zero-order chi connectivity index (χ0) is 26.2. The number of methoxy groups -OCH3 is 1. The van der Waals surface area contributed by atoms with Crippen LogP contribution < -0.4 is 14.5 Å². The van der Waals surface area contributed by atoms with E-state index in [1.807, 2.05) is 41.1 Å². The molecule has 0 saturated carbocycles. The number of ether oxygens (including phenoxy) is 2. The highest BCUT2D eigenvalue weighted by molar-refractivity contribution is 7.08. The van der Waals surface area contributed by atoms with E-state index in [0.717, 1.165) is 15.5 Å². The second-order valence-electron chi connectivity index (χ2n) is 8.60. The maximum absolute atomic E-state index is 12.6. The summed E-state index contributed by atoms with van der Waals surface area (Å²) >= 11 is 7.85. The third kappa shape index (κ3) is 6.88. The zero-order valence-corrected chi connectivity index (χ0v) is 22.0. The second-order valence-corrected chi connectivity index (χ2v) is 9.72. The van der Waals surface area contributed by atoms with Crippen LogP contribution in [-0.4, -0.2) is 56.0 Å². The van der Waals surface area contributed by atoms with E-state index in [4.69, 9.17) is 21.3 Å². The van der Waals surface area contributed by atoms with Crippen molar-refractivity contribution in [2.45, 2.75) is 25.4 Å². The van der Waals surface area contributed by atoms with E-state index in [0.29, 0.717) is 61.4 Å². The molecule has 0 spiro atoms. The Kier molecular flexibility index (Phi) is 9.16. The lowest BCUT2D eigenvalue weighted by Gasteiger charge is -2.31. The highest BCUT2D eigenvalue weighted by Crippen LogP contribution is 2.30. The van der Waals surface area contributed by atoms with Gasteiger partial charge >= 0.3 is 6.09 Å². The van der Waals surface area contributed by atoms with Crippen molar-refractivity contribution in [3.8, 4) is 16.9 Å². The van der Waals surface area contributed by atoms with Gasteiger partial charge in [0.1, 0.15) is 11.9 Å². The van der Waals surface area contributed by atoms with Crippen LogP contribution in [0.15, 0.2) is 59.3 Å². The largest absolute Gasteiger partial charge is 0.496 e. The van der Waals surface area contributed by atoms with Crippen LogP contribution in [0.1, 0.15) is 29.6 Å². The number of halogens is 1. The van der Waals surface area contributed by atoms with Crippen molar-refractivity contribution < 1.29 is 23.9 Å². The molecule has 1 N–H and O–H groups in total. The molecule has 2 heterocycles. The van der Waals surface area contributed by atoms with Gasteiger partial charge in [0.05, 0.1) is 24.0 Å². The molecule has 1 aromatic heterocycles. The lowest BCUT2D eigenvalue weighted by Crippen LogP contribution is -2.40. The Morgan fingerprint density at radius 1 is 1.19 bits per heavy atom. The monoisotopic (exact) mass is 541 g/mol. The molecule has 10 heteroatoms. The number of para-hydroxylation sites is 1. The minimum absolute atomic E-state index is 0.186. The average Bonchev–Trinajstić information content (AvgIpc) is 3.47. The van der Waals surface area contributed by atoms with E-state index in [1.54, 1.807) is 29.5 Å². The van der Waals surface area contributed by atoms with Gasteiger partial charge in [0.25, 0.3) is 0 Å². The van der Waals surface area contributed by atoms with Crippen molar-refractivity contribution in [2.75, 3.05) is 36.5 Å². The molecule has 1 aliphatic rings. The van der Waals surface area contributed by atoms with Crippen molar-refractivity contribution >= 4 is 52.8 Å². The van der Waals surface area contributed by atoms with Gasteiger partial charge in [-0.1, -0.05) is 18.2 Å². The number of aldehydes is 1. The molecule has 1 saturated heterocycles. The van der Waals surface area contributed by atoms with Gasteiger partial charge in [-0.25, -0.2) is 9.21 Å². The molecule has 0 aliphatic carbocycles. The quantitative estimate of drug-likeness (QED) is 0.271. The Morgan fingerprint density at radius 3 is 2.68 bits per heavy atom. The van der Waals surface area contributed by atoms with Gasteiger partial charge in [0.15, 0.2) is 6.29 Å². The summed E-state index contributed by atoms with van der Waals surface area (Å²) in [5.41, 5.74) is 3.54. The molecule has 0 unspecified atom stereocenters. The number of amides is 2. The average molecular weight is 542 g/mol. The van der Waals surface area contributed by atoms with Crippen molar-refractivity contribution in [3.05, 3.63) is 64.9 Å². The number of piperidine rings is 1. The van der Waals surface area contributed by atoms with E-state index in [9.17, 15) is 14.4 Å². The van der Waals surface area contributed by atoms with Gasteiger partial charge in [-0.3, -0.25) is 14.9 Å².